The first-order valence-electron chi connectivity index (χ1n) is 9.24. The van der Waals surface area contributed by atoms with Gasteiger partial charge in [-0.15, -0.1) is 0 Å². The summed E-state index contributed by atoms with van der Waals surface area (Å²) in [5, 5.41) is 3.92. The monoisotopic (exact) mass is 374 g/mol. The zero-order chi connectivity index (χ0) is 18.0. The number of rotatable bonds is 5. The van der Waals surface area contributed by atoms with Gasteiger partial charge in [0.15, 0.2) is 0 Å². The van der Waals surface area contributed by atoms with Crippen molar-refractivity contribution >= 4 is 17.2 Å². The van der Waals surface area contributed by atoms with Gasteiger partial charge in [0.05, 0.1) is 24.7 Å². The molecule has 140 valence electrons. The molecule has 1 atom stereocenters. The lowest BCUT2D eigenvalue weighted by Crippen LogP contribution is -2.45. The highest BCUT2D eigenvalue weighted by molar-refractivity contribution is 7.08. The summed E-state index contributed by atoms with van der Waals surface area (Å²) in [4.78, 5) is 17.4. The molecule has 6 heteroatoms. The zero-order valence-electron chi connectivity index (χ0n) is 15.2. The number of thiophene rings is 1. The predicted molar refractivity (Wildman–Crippen MR) is 101 cm³/mol. The number of amides is 1. The minimum Gasteiger partial charge on any atom is -0.472 e. The number of carbonyl (C=O) groups excluding carboxylic acids is 1. The Balaban J connectivity index is 1.43. The lowest BCUT2D eigenvalue weighted by molar-refractivity contribution is 0.0348. The molecule has 4 rings (SSSR count). The topological polar surface area (TPSA) is 45.9 Å². The van der Waals surface area contributed by atoms with E-state index >= 15 is 0 Å². The molecule has 1 amide bonds. The smallest absolute Gasteiger partial charge is 0.254 e. The van der Waals surface area contributed by atoms with Crippen molar-refractivity contribution in [3.05, 3.63) is 46.5 Å². The van der Waals surface area contributed by atoms with E-state index in [2.05, 4.69) is 9.80 Å². The van der Waals surface area contributed by atoms with Crippen LogP contribution in [-0.4, -0.2) is 55.6 Å². The van der Waals surface area contributed by atoms with Crippen molar-refractivity contribution in [2.45, 2.75) is 19.4 Å². The van der Waals surface area contributed by atoms with Crippen molar-refractivity contribution in [1.29, 1.82) is 0 Å². The third kappa shape index (κ3) is 3.46. The van der Waals surface area contributed by atoms with Crippen LogP contribution in [0, 0.1) is 11.3 Å². The third-order valence-corrected chi connectivity index (χ3v) is 6.76. The Morgan fingerprint density at radius 2 is 2.23 bits per heavy atom. The Kier molecular flexibility index (Phi) is 5.16. The largest absolute Gasteiger partial charge is 0.472 e. The fourth-order valence-corrected chi connectivity index (χ4v) is 5.18. The molecule has 2 fully saturated rings. The molecule has 0 N–H and O–H groups in total. The maximum Gasteiger partial charge on any atom is 0.254 e. The van der Waals surface area contributed by atoms with Crippen LogP contribution < -0.4 is 0 Å². The van der Waals surface area contributed by atoms with E-state index < -0.39 is 0 Å². The van der Waals surface area contributed by atoms with Crippen LogP contribution in [0.25, 0.3) is 0 Å². The summed E-state index contributed by atoms with van der Waals surface area (Å²) >= 11 is 1.58. The zero-order valence-corrected chi connectivity index (χ0v) is 16.0. The second-order valence-electron chi connectivity index (χ2n) is 7.62. The van der Waals surface area contributed by atoms with Crippen LogP contribution in [0.5, 0.6) is 0 Å². The number of likely N-dealkylation sites (tertiary alicyclic amines) is 2. The number of ether oxygens (including phenoxy) is 1. The summed E-state index contributed by atoms with van der Waals surface area (Å²) in [6.07, 6.45) is 5.80. The van der Waals surface area contributed by atoms with Crippen molar-refractivity contribution in [1.82, 2.24) is 9.80 Å². The van der Waals surface area contributed by atoms with E-state index in [0.29, 0.717) is 5.92 Å². The lowest BCUT2D eigenvalue weighted by atomic mass is 9.71. The van der Waals surface area contributed by atoms with Crippen molar-refractivity contribution in [2.75, 3.05) is 39.9 Å². The summed E-state index contributed by atoms with van der Waals surface area (Å²) in [5.74, 6) is 0.594. The molecule has 2 aromatic heterocycles. The summed E-state index contributed by atoms with van der Waals surface area (Å²) in [5.41, 5.74) is 2.24. The van der Waals surface area contributed by atoms with E-state index in [0.717, 1.165) is 57.7 Å². The van der Waals surface area contributed by atoms with Gasteiger partial charge < -0.3 is 14.1 Å². The van der Waals surface area contributed by atoms with Gasteiger partial charge in [-0.2, -0.15) is 11.3 Å². The van der Waals surface area contributed by atoms with Crippen LogP contribution in [0.3, 0.4) is 0 Å². The van der Waals surface area contributed by atoms with E-state index in [1.54, 1.807) is 24.7 Å². The number of nitrogens with zero attached hydrogens (tertiary/aromatic N) is 2. The molecule has 4 heterocycles. The van der Waals surface area contributed by atoms with Gasteiger partial charge in [0, 0.05) is 43.6 Å². The Morgan fingerprint density at radius 3 is 2.88 bits per heavy atom. The quantitative estimate of drug-likeness (QED) is 0.805. The van der Waals surface area contributed by atoms with Crippen LogP contribution in [0.4, 0.5) is 0 Å². The molecular formula is C20H26N2O3S. The molecular weight excluding hydrogens is 348 g/mol. The summed E-state index contributed by atoms with van der Waals surface area (Å²) < 4.78 is 10.7. The van der Waals surface area contributed by atoms with E-state index in [4.69, 9.17) is 9.15 Å². The van der Waals surface area contributed by atoms with Crippen LogP contribution in [-0.2, 0) is 11.3 Å². The first kappa shape index (κ1) is 17.8. The van der Waals surface area contributed by atoms with Crippen molar-refractivity contribution in [2.24, 2.45) is 11.3 Å². The summed E-state index contributed by atoms with van der Waals surface area (Å²) in [6, 6.07) is 3.96. The van der Waals surface area contributed by atoms with Gasteiger partial charge in [-0.1, -0.05) is 0 Å². The molecule has 0 aromatic carbocycles. The summed E-state index contributed by atoms with van der Waals surface area (Å²) in [6.45, 7) is 5.46. The molecule has 0 bridgehead atoms. The standard InChI is InChI=1S/C20H26N2O3S/c1-24-13-18-11-22(19(23)17-3-9-26-14-17)15-20(18)4-6-21(7-5-20)10-16-2-8-25-12-16/h2-3,8-9,12,14,18H,4-7,10-11,13,15H2,1H3. The Labute approximate surface area is 158 Å². The van der Waals surface area contributed by atoms with E-state index in [1.165, 1.54) is 5.56 Å². The van der Waals surface area contributed by atoms with Gasteiger partial charge in [-0.25, -0.2) is 0 Å². The first-order valence-corrected chi connectivity index (χ1v) is 10.2. The fourth-order valence-electron chi connectivity index (χ4n) is 4.55. The Morgan fingerprint density at radius 1 is 1.38 bits per heavy atom. The third-order valence-electron chi connectivity index (χ3n) is 6.07. The molecule has 2 saturated heterocycles. The molecule has 0 radical (unpaired) electrons. The molecule has 2 aliphatic rings. The second-order valence-corrected chi connectivity index (χ2v) is 8.40. The highest BCUT2D eigenvalue weighted by Crippen LogP contribution is 2.45. The number of carbonyl (C=O) groups is 1. The van der Waals surface area contributed by atoms with Gasteiger partial charge >= 0.3 is 0 Å². The minimum absolute atomic E-state index is 0.171. The fraction of sp³-hybridized carbons (Fsp3) is 0.550. The van der Waals surface area contributed by atoms with Crippen LogP contribution in [0.1, 0.15) is 28.8 Å². The van der Waals surface area contributed by atoms with Gasteiger partial charge in [-0.3, -0.25) is 9.69 Å². The average Bonchev–Trinajstić information content (AvgIpc) is 3.40. The molecule has 26 heavy (non-hydrogen) atoms. The van der Waals surface area contributed by atoms with E-state index in [1.807, 2.05) is 29.2 Å². The first-order chi connectivity index (χ1) is 12.7. The predicted octanol–water partition coefficient (Wildman–Crippen LogP) is 3.34. The summed E-state index contributed by atoms with van der Waals surface area (Å²) in [7, 11) is 1.77. The molecule has 2 aliphatic heterocycles. The van der Waals surface area contributed by atoms with Crippen LogP contribution >= 0.6 is 11.3 Å². The highest BCUT2D eigenvalue weighted by atomic mass is 32.1. The molecule has 0 saturated carbocycles. The molecule has 0 aliphatic carbocycles. The van der Waals surface area contributed by atoms with E-state index in [-0.39, 0.29) is 11.3 Å². The van der Waals surface area contributed by atoms with Crippen molar-refractivity contribution in [3.63, 3.8) is 0 Å². The normalized spacial score (nSPS) is 23.0. The average molecular weight is 375 g/mol. The number of hydrogen-bond donors (Lipinski definition) is 0. The molecule has 5 nitrogen and oxygen atoms in total. The lowest BCUT2D eigenvalue weighted by Gasteiger charge is -2.42. The SMILES string of the molecule is COCC1CN(C(=O)c2ccsc2)CC12CCN(Cc1ccoc1)CC2. The number of hydrogen-bond acceptors (Lipinski definition) is 5. The van der Waals surface area contributed by atoms with Crippen LogP contribution in [0.2, 0.25) is 0 Å². The molecule has 2 aromatic rings. The number of methoxy groups -OCH3 is 1. The Bertz CT molecular complexity index is 706. The van der Waals surface area contributed by atoms with Crippen LogP contribution in [0.15, 0.2) is 39.8 Å². The van der Waals surface area contributed by atoms with Gasteiger partial charge in [-0.05, 0) is 48.9 Å². The maximum atomic E-state index is 12.8. The van der Waals surface area contributed by atoms with E-state index in [9.17, 15) is 4.79 Å². The minimum atomic E-state index is 0.171. The van der Waals surface area contributed by atoms with Gasteiger partial charge in [0.1, 0.15) is 0 Å². The molecule has 1 spiro atoms. The Hall–Kier alpha value is -1.63. The number of piperidine rings is 1. The molecule has 1 unspecified atom stereocenters. The van der Waals surface area contributed by atoms with Gasteiger partial charge in [0.2, 0.25) is 0 Å². The number of furan rings is 1. The van der Waals surface area contributed by atoms with Crippen molar-refractivity contribution in [3.8, 4) is 0 Å². The highest BCUT2D eigenvalue weighted by Gasteiger charge is 2.49. The second kappa shape index (κ2) is 7.55. The maximum absolute atomic E-state index is 12.8. The van der Waals surface area contributed by atoms with Gasteiger partial charge in [0.25, 0.3) is 5.91 Å². The van der Waals surface area contributed by atoms with Crippen molar-refractivity contribution < 1.29 is 13.9 Å².